The summed E-state index contributed by atoms with van der Waals surface area (Å²) in [5, 5.41) is 6.58. The molecule has 0 spiro atoms. The first kappa shape index (κ1) is 14.6. The molecule has 0 unspecified atom stereocenters. The molecule has 2 nitrogen and oxygen atoms in total. The van der Waals surface area contributed by atoms with E-state index in [-0.39, 0.29) is 5.82 Å². The molecule has 0 radical (unpaired) electrons. The van der Waals surface area contributed by atoms with Crippen molar-refractivity contribution in [1.29, 1.82) is 0 Å². The van der Waals surface area contributed by atoms with Crippen LogP contribution in [0.1, 0.15) is 25.3 Å². The van der Waals surface area contributed by atoms with Crippen molar-refractivity contribution in [1.82, 2.24) is 10.6 Å². The van der Waals surface area contributed by atoms with Crippen LogP contribution in [0.25, 0.3) is 0 Å². The summed E-state index contributed by atoms with van der Waals surface area (Å²) in [4.78, 5) is 0. The Kier molecular flexibility index (Phi) is 7.40. The lowest BCUT2D eigenvalue weighted by molar-refractivity contribution is 0.566. The van der Waals surface area contributed by atoms with Crippen molar-refractivity contribution >= 4 is 15.9 Å². The lowest BCUT2D eigenvalue weighted by Crippen LogP contribution is -2.22. The topological polar surface area (TPSA) is 24.1 Å². The minimum Gasteiger partial charge on any atom is -0.317 e. The van der Waals surface area contributed by atoms with E-state index in [0.29, 0.717) is 12.1 Å². The Balaban J connectivity index is 2.15. The second kappa shape index (κ2) is 8.61. The molecule has 0 bridgehead atoms. The Hall–Kier alpha value is -0.450. The summed E-state index contributed by atoms with van der Waals surface area (Å²) in [7, 11) is 0. The Labute approximate surface area is 111 Å². The standard InChI is InChI=1S/C13H20BrFN2/c1-2-6-16-7-3-8-17-10-11-9-12(14)4-5-13(11)15/h4-5,9,16-17H,2-3,6-8,10H2,1H3. The SMILES string of the molecule is CCCNCCCNCc1cc(Br)ccc1F. The van der Waals surface area contributed by atoms with Crippen LogP contribution in [0.4, 0.5) is 4.39 Å². The minimum atomic E-state index is -0.148. The van der Waals surface area contributed by atoms with Crippen LogP contribution < -0.4 is 10.6 Å². The van der Waals surface area contributed by atoms with Crippen molar-refractivity contribution in [2.45, 2.75) is 26.3 Å². The third kappa shape index (κ3) is 6.15. The average molecular weight is 303 g/mol. The van der Waals surface area contributed by atoms with E-state index in [4.69, 9.17) is 0 Å². The second-order valence-corrected chi connectivity index (χ2v) is 4.93. The van der Waals surface area contributed by atoms with Crippen LogP contribution in [-0.2, 0) is 6.54 Å². The fourth-order valence-corrected chi connectivity index (χ4v) is 1.95. The summed E-state index contributed by atoms with van der Waals surface area (Å²) >= 11 is 3.34. The summed E-state index contributed by atoms with van der Waals surface area (Å²) in [5.74, 6) is -0.148. The molecular formula is C13H20BrFN2. The molecule has 1 aromatic rings. The molecule has 4 heteroatoms. The highest BCUT2D eigenvalue weighted by molar-refractivity contribution is 9.10. The van der Waals surface area contributed by atoms with Gasteiger partial charge in [0.25, 0.3) is 0 Å². The molecule has 2 N–H and O–H groups in total. The van der Waals surface area contributed by atoms with Gasteiger partial charge in [0.1, 0.15) is 5.82 Å². The van der Waals surface area contributed by atoms with E-state index in [9.17, 15) is 4.39 Å². The van der Waals surface area contributed by atoms with E-state index in [1.807, 2.05) is 6.07 Å². The fourth-order valence-electron chi connectivity index (χ4n) is 1.54. The molecule has 0 heterocycles. The maximum atomic E-state index is 13.4. The van der Waals surface area contributed by atoms with Crippen molar-refractivity contribution in [2.24, 2.45) is 0 Å². The van der Waals surface area contributed by atoms with Gasteiger partial charge in [0.05, 0.1) is 0 Å². The van der Waals surface area contributed by atoms with Crippen molar-refractivity contribution in [3.8, 4) is 0 Å². The predicted molar refractivity (Wildman–Crippen MR) is 73.6 cm³/mol. The Bertz CT molecular complexity index is 331. The van der Waals surface area contributed by atoms with E-state index < -0.39 is 0 Å². The highest BCUT2D eigenvalue weighted by atomic mass is 79.9. The van der Waals surface area contributed by atoms with Crippen molar-refractivity contribution in [3.63, 3.8) is 0 Å². The van der Waals surface area contributed by atoms with Crippen LogP contribution in [0.5, 0.6) is 0 Å². The van der Waals surface area contributed by atoms with E-state index in [1.54, 1.807) is 6.07 Å². The number of hydrogen-bond acceptors (Lipinski definition) is 2. The van der Waals surface area contributed by atoms with Gasteiger partial charge in [0.15, 0.2) is 0 Å². The monoisotopic (exact) mass is 302 g/mol. The smallest absolute Gasteiger partial charge is 0.127 e. The Morgan fingerprint density at radius 2 is 1.94 bits per heavy atom. The summed E-state index contributed by atoms with van der Waals surface area (Å²) in [6, 6.07) is 5.02. The summed E-state index contributed by atoms with van der Waals surface area (Å²) < 4.78 is 14.3. The van der Waals surface area contributed by atoms with E-state index in [1.165, 1.54) is 6.07 Å². The largest absolute Gasteiger partial charge is 0.317 e. The van der Waals surface area contributed by atoms with Gasteiger partial charge < -0.3 is 10.6 Å². The Morgan fingerprint density at radius 1 is 1.18 bits per heavy atom. The molecule has 0 amide bonds. The molecule has 0 saturated heterocycles. The summed E-state index contributed by atoms with van der Waals surface area (Å²) in [6.07, 6.45) is 2.23. The van der Waals surface area contributed by atoms with Gasteiger partial charge in [-0.15, -0.1) is 0 Å². The maximum absolute atomic E-state index is 13.4. The summed E-state index contributed by atoms with van der Waals surface area (Å²) in [5.41, 5.74) is 0.709. The van der Waals surface area contributed by atoms with Gasteiger partial charge in [-0.25, -0.2) is 4.39 Å². The fraction of sp³-hybridized carbons (Fsp3) is 0.538. The first-order valence-corrected chi connectivity index (χ1v) is 6.88. The predicted octanol–water partition coefficient (Wildman–Crippen LogP) is 3.07. The van der Waals surface area contributed by atoms with Gasteiger partial charge in [-0.3, -0.25) is 0 Å². The van der Waals surface area contributed by atoms with Crippen LogP contribution >= 0.6 is 15.9 Å². The van der Waals surface area contributed by atoms with Crippen molar-refractivity contribution < 1.29 is 4.39 Å². The lowest BCUT2D eigenvalue weighted by atomic mass is 10.2. The van der Waals surface area contributed by atoms with Gasteiger partial charge in [-0.1, -0.05) is 22.9 Å². The molecule has 1 rings (SSSR count). The van der Waals surface area contributed by atoms with Crippen molar-refractivity contribution in [3.05, 3.63) is 34.1 Å². The first-order chi connectivity index (χ1) is 8.24. The molecular weight excluding hydrogens is 283 g/mol. The molecule has 1 aromatic carbocycles. The molecule has 96 valence electrons. The average Bonchev–Trinajstić information content (AvgIpc) is 2.32. The van der Waals surface area contributed by atoms with E-state index in [0.717, 1.165) is 36.9 Å². The summed E-state index contributed by atoms with van der Waals surface area (Å²) in [6.45, 7) is 5.73. The second-order valence-electron chi connectivity index (χ2n) is 4.02. The third-order valence-electron chi connectivity index (χ3n) is 2.46. The zero-order valence-electron chi connectivity index (χ0n) is 10.2. The highest BCUT2D eigenvalue weighted by Gasteiger charge is 2.01. The molecule has 0 saturated carbocycles. The molecule has 0 aliphatic rings. The van der Waals surface area contributed by atoms with Crippen LogP contribution in [-0.4, -0.2) is 19.6 Å². The molecule has 17 heavy (non-hydrogen) atoms. The number of halogens is 2. The molecule has 0 aliphatic heterocycles. The maximum Gasteiger partial charge on any atom is 0.127 e. The van der Waals surface area contributed by atoms with Crippen LogP contribution in [0.15, 0.2) is 22.7 Å². The van der Waals surface area contributed by atoms with Crippen LogP contribution in [0.3, 0.4) is 0 Å². The molecule has 0 aliphatic carbocycles. The Morgan fingerprint density at radius 3 is 2.71 bits per heavy atom. The first-order valence-electron chi connectivity index (χ1n) is 6.09. The van der Waals surface area contributed by atoms with Gasteiger partial charge in [-0.05, 0) is 50.7 Å². The minimum absolute atomic E-state index is 0.148. The molecule has 0 aromatic heterocycles. The van der Waals surface area contributed by atoms with Crippen molar-refractivity contribution in [2.75, 3.05) is 19.6 Å². The number of benzene rings is 1. The lowest BCUT2D eigenvalue weighted by Gasteiger charge is -2.07. The number of nitrogens with one attached hydrogen (secondary N) is 2. The van der Waals surface area contributed by atoms with E-state index in [2.05, 4.69) is 33.5 Å². The molecule has 0 fully saturated rings. The normalized spacial score (nSPS) is 10.8. The van der Waals surface area contributed by atoms with Crippen LogP contribution in [0, 0.1) is 5.82 Å². The van der Waals surface area contributed by atoms with Gasteiger partial charge in [-0.2, -0.15) is 0 Å². The number of hydrogen-bond donors (Lipinski definition) is 2. The zero-order valence-corrected chi connectivity index (χ0v) is 11.8. The highest BCUT2D eigenvalue weighted by Crippen LogP contribution is 2.15. The van der Waals surface area contributed by atoms with E-state index >= 15 is 0 Å². The number of rotatable bonds is 8. The van der Waals surface area contributed by atoms with Gasteiger partial charge in [0.2, 0.25) is 0 Å². The van der Waals surface area contributed by atoms with Gasteiger partial charge in [0, 0.05) is 16.6 Å². The third-order valence-corrected chi connectivity index (χ3v) is 2.95. The quantitative estimate of drug-likeness (QED) is 0.721. The van der Waals surface area contributed by atoms with Gasteiger partial charge >= 0.3 is 0 Å². The zero-order chi connectivity index (χ0) is 12.5. The van der Waals surface area contributed by atoms with Crippen LogP contribution in [0.2, 0.25) is 0 Å². The molecule has 0 atom stereocenters.